The summed E-state index contributed by atoms with van der Waals surface area (Å²) in [4.78, 5) is 12.3. The van der Waals surface area contributed by atoms with Crippen LogP contribution >= 0.6 is 23.2 Å². The van der Waals surface area contributed by atoms with Crippen LogP contribution in [0.2, 0.25) is 10.0 Å². The molecule has 2 aromatic rings. The molecule has 1 atom stereocenters. The quantitative estimate of drug-likeness (QED) is 0.778. The summed E-state index contributed by atoms with van der Waals surface area (Å²) < 4.78 is 5.66. The largest absolute Gasteiger partial charge is 0.490 e. The third-order valence-corrected chi connectivity index (χ3v) is 4.24. The van der Waals surface area contributed by atoms with Crippen LogP contribution in [0.1, 0.15) is 18.9 Å². The highest BCUT2D eigenvalue weighted by molar-refractivity contribution is 6.30. The first-order chi connectivity index (χ1) is 12.0. The Morgan fingerprint density at radius 1 is 1.20 bits per heavy atom. The molecule has 130 valence electrons. The first-order valence-corrected chi connectivity index (χ1v) is 8.57. The molecule has 2 rings (SSSR count). The molecule has 0 spiro atoms. The van der Waals surface area contributed by atoms with Crippen molar-refractivity contribution in [1.29, 1.82) is 5.26 Å². The van der Waals surface area contributed by atoms with Gasteiger partial charge in [-0.05, 0) is 48.4 Å². The van der Waals surface area contributed by atoms with Gasteiger partial charge in [0.15, 0.2) is 5.54 Å². The Bertz CT molecular complexity index is 772. The van der Waals surface area contributed by atoms with Crippen LogP contribution in [-0.4, -0.2) is 18.1 Å². The van der Waals surface area contributed by atoms with Crippen molar-refractivity contribution < 1.29 is 9.53 Å². The average Bonchev–Trinajstić information content (AvgIpc) is 2.60. The predicted octanol–water partition coefficient (Wildman–Crippen LogP) is 4.40. The molecule has 0 aliphatic rings. The average molecular weight is 377 g/mol. The minimum atomic E-state index is -1.10. The monoisotopic (exact) mass is 376 g/mol. The Balaban J connectivity index is 2.01. The minimum absolute atomic E-state index is 0.0446. The number of amides is 1. The van der Waals surface area contributed by atoms with Gasteiger partial charge in [0.2, 0.25) is 5.91 Å². The fourth-order valence-corrected chi connectivity index (χ4v) is 2.59. The lowest BCUT2D eigenvalue weighted by Crippen LogP contribution is -2.51. The second kappa shape index (κ2) is 8.75. The number of carbonyl (C=O) groups is 1. The Morgan fingerprint density at radius 2 is 1.92 bits per heavy atom. The van der Waals surface area contributed by atoms with Gasteiger partial charge in [-0.2, -0.15) is 5.26 Å². The molecule has 0 aliphatic carbocycles. The number of nitrogens with one attached hydrogen (secondary N) is 1. The van der Waals surface area contributed by atoms with Gasteiger partial charge >= 0.3 is 0 Å². The van der Waals surface area contributed by atoms with Crippen molar-refractivity contribution >= 4 is 29.1 Å². The Hall–Kier alpha value is -2.22. The lowest BCUT2D eigenvalue weighted by Gasteiger charge is -2.26. The minimum Gasteiger partial charge on any atom is -0.490 e. The van der Waals surface area contributed by atoms with Gasteiger partial charge in [0, 0.05) is 10.0 Å². The van der Waals surface area contributed by atoms with Crippen molar-refractivity contribution in [3.8, 4) is 11.8 Å². The molecule has 1 amide bonds. The summed E-state index contributed by atoms with van der Waals surface area (Å²) >= 11 is 11.8. The summed E-state index contributed by atoms with van der Waals surface area (Å²) in [5.74, 6) is 0.326. The molecule has 1 N–H and O–H groups in total. The molecule has 1 unspecified atom stereocenters. The normalized spacial score (nSPS) is 12.7. The highest BCUT2D eigenvalue weighted by Gasteiger charge is 2.31. The summed E-state index contributed by atoms with van der Waals surface area (Å²) in [6, 6.07) is 16.1. The van der Waals surface area contributed by atoms with E-state index in [9.17, 15) is 10.1 Å². The number of hydrogen-bond donors (Lipinski definition) is 1. The van der Waals surface area contributed by atoms with Crippen molar-refractivity contribution in [2.24, 2.45) is 0 Å². The Kier molecular flexibility index (Phi) is 6.69. The number of rotatable bonds is 7. The fraction of sp³-hybridized carbons (Fsp3) is 0.263. The van der Waals surface area contributed by atoms with Crippen molar-refractivity contribution in [2.45, 2.75) is 25.3 Å². The van der Waals surface area contributed by atoms with Gasteiger partial charge in [-0.1, -0.05) is 42.3 Å². The van der Waals surface area contributed by atoms with Crippen LogP contribution in [0.4, 0.5) is 0 Å². The third kappa shape index (κ3) is 5.67. The zero-order chi connectivity index (χ0) is 18.3. The number of ether oxygens (including phenoxy) is 1. The number of hydrogen-bond acceptors (Lipinski definition) is 3. The molecule has 0 heterocycles. The summed E-state index contributed by atoms with van der Waals surface area (Å²) in [6.07, 6.45) is 0.559. The highest BCUT2D eigenvalue weighted by atomic mass is 35.5. The summed E-state index contributed by atoms with van der Waals surface area (Å²) in [6.45, 7) is 1.87. The van der Waals surface area contributed by atoms with Gasteiger partial charge in [-0.3, -0.25) is 4.79 Å². The lowest BCUT2D eigenvalue weighted by molar-refractivity contribution is -0.122. The third-order valence-electron chi connectivity index (χ3n) is 3.75. The molecule has 4 nitrogen and oxygen atoms in total. The van der Waals surface area contributed by atoms with E-state index >= 15 is 0 Å². The molecule has 0 aromatic heterocycles. The van der Waals surface area contributed by atoms with E-state index in [0.717, 1.165) is 5.56 Å². The van der Waals surface area contributed by atoms with Gasteiger partial charge in [0.25, 0.3) is 0 Å². The number of nitrogens with zero attached hydrogens (tertiary/aromatic N) is 1. The zero-order valence-corrected chi connectivity index (χ0v) is 15.3. The van der Waals surface area contributed by atoms with Crippen LogP contribution in [0.3, 0.4) is 0 Å². The number of halogens is 2. The van der Waals surface area contributed by atoms with Crippen LogP contribution in [0, 0.1) is 11.3 Å². The van der Waals surface area contributed by atoms with Crippen molar-refractivity contribution in [2.75, 3.05) is 6.61 Å². The Morgan fingerprint density at radius 3 is 2.52 bits per heavy atom. The van der Waals surface area contributed by atoms with E-state index in [1.54, 1.807) is 42.5 Å². The van der Waals surface area contributed by atoms with Crippen LogP contribution in [0.5, 0.6) is 5.75 Å². The number of benzene rings is 2. The molecule has 6 heteroatoms. The molecule has 2 aromatic carbocycles. The predicted molar refractivity (Wildman–Crippen MR) is 98.9 cm³/mol. The van der Waals surface area contributed by atoms with E-state index < -0.39 is 5.54 Å². The molecule has 25 heavy (non-hydrogen) atoms. The van der Waals surface area contributed by atoms with Gasteiger partial charge < -0.3 is 10.1 Å². The molecular formula is C19H18Cl2N2O2. The van der Waals surface area contributed by atoms with Crippen molar-refractivity contribution in [3.63, 3.8) is 0 Å². The molecular weight excluding hydrogens is 359 g/mol. The SMILES string of the molecule is CCC(C#N)(COc1ccc(Cl)cc1)NC(=O)Cc1cccc(Cl)c1. The molecule has 0 saturated heterocycles. The van der Waals surface area contributed by atoms with E-state index in [2.05, 4.69) is 11.4 Å². The van der Waals surface area contributed by atoms with Crippen LogP contribution in [-0.2, 0) is 11.2 Å². The van der Waals surface area contributed by atoms with Gasteiger partial charge in [-0.25, -0.2) is 0 Å². The summed E-state index contributed by atoms with van der Waals surface area (Å²) in [7, 11) is 0. The highest BCUT2D eigenvalue weighted by Crippen LogP contribution is 2.19. The van der Waals surface area contributed by atoms with Crippen LogP contribution in [0.15, 0.2) is 48.5 Å². The van der Waals surface area contributed by atoms with E-state index in [1.165, 1.54) is 0 Å². The molecule has 0 saturated carbocycles. The number of nitriles is 1. The molecule has 0 bridgehead atoms. The fourth-order valence-electron chi connectivity index (χ4n) is 2.25. The Labute approximate surface area is 157 Å². The standard InChI is InChI=1S/C19H18Cl2N2O2/c1-2-19(12-22,13-25-17-8-6-15(20)7-9-17)23-18(24)11-14-4-3-5-16(21)10-14/h3-10H,2,11,13H2,1H3,(H,23,24). The van der Waals surface area contributed by atoms with E-state index in [-0.39, 0.29) is 18.9 Å². The van der Waals surface area contributed by atoms with Gasteiger partial charge in [-0.15, -0.1) is 0 Å². The first kappa shape index (κ1) is 19.1. The second-order valence-electron chi connectivity index (χ2n) is 5.64. The maximum atomic E-state index is 12.3. The first-order valence-electron chi connectivity index (χ1n) is 7.81. The van der Waals surface area contributed by atoms with E-state index in [4.69, 9.17) is 27.9 Å². The maximum Gasteiger partial charge on any atom is 0.225 e. The van der Waals surface area contributed by atoms with Crippen LogP contribution in [0.25, 0.3) is 0 Å². The lowest BCUT2D eigenvalue weighted by atomic mass is 9.98. The summed E-state index contributed by atoms with van der Waals surface area (Å²) in [5, 5.41) is 13.5. The maximum absolute atomic E-state index is 12.3. The second-order valence-corrected chi connectivity index (χ2v) is 6.52. The van der Waals surface area contributed by atoms with Gasteiger partial charge in [0.05, 0.1) is 12.5 Å². The van der Waals surface area contributed by atoms with Crippen LogP contribution < -0.4 is 10.1 Å². The topological polar surface area (TPSA) is 62.1 Å². The molecule has 0 aliphatic heterocycles. The molecule has 0 fully saturated rings. The van der Waals surface area contributed by atoms with E-state index in [0.29, 0.717) is 22.2 Å². The zero-order valence-electron chi connectivity index (χ0n) is 13.8. The van der Waals surface area contributed by atoms with Crippen molar-refractivity contribution in [3.05, 3.63) is 64.1 Å². The molecule has 0 radical (unpaired) electrons. The summed E-state index contributed by atoms with van der Waals surface area (Å²) in [5.41, 5.74) is -0.318. The number of carbonyl (C=O) groups excluding carboxylic acids is 1. The van der Waals surface area contributed by atoms with E-state index in [1.807, 2.05) is 13.0 Å². The van der Waals surface area contributed by atoms with Gasteiger partial charge in [0.1, 0.15) is 12.4 Å². The smallest absolute Gasteiger partial charge is 0.225 e. The van der Waals surface area contributed by atoms with Crippen molar-refractivity contribution in [1.82, 2.24) is 5.32 Å².